The highest BCUT2D eigenvalue weighted by Crippen LogP contribution is 2.01. The van der Waals surface area contributed by atoms with E-state index in [4.69, 9.17) is 5.41 Å². The summed E-state index contributed by atoms with van der Waals surface area (Å²) in [5.74, 6) is 0. The number of benzene rings is 1. The lowest BCUT2D eigenvalue weighted by atomic mass is 10.1. The second kappa shape index (κ2) is 3.16. The molecule has 0 heterocycles. The maximum Gasteiger partial charge on any atom is 0.0383 e. The molecule has 0 saturated heterocycles. The first-order valence-corrected chi connectivity index (χ1v) is 3.47. The average Bonchev–Trinajstić information content (AvgIpc) is 2.05. The van der Waals surface area contributed by atoms with Gasteiger partial charge in [-0.3, -0.25) is 0 Å². The topological polar surface area (TPSA) is 23.9 Å². The number of hydrogen-bond acceptors (Lipinski definition) is 1. The molecule has 1 rings (SSSR count). The van der Waals surface area contributed by atoms with E-state index in [0.717, 1.165) is 12.0 Å². The predicted molar refractivity (Wildman–Crippen MR) is 43.6 cm³/mol. The largest absolute Gasteiger partial charge is 0.305 e. The van der Waals surface area contributed by atoms with Crippen LogP contribution in [0.15, 0.2) is 30.3 Å². The summed E-state index contributed by atoms with van der Waals surface area (Å²) in [6.07, 6.45) is 0.810. The number of nitrogens with one attached hydrogen (secondary N) is 1. The molecule has 10 heavy (non-hydrogen) atoms. The van der Waals surface area contributed by atoms with Crippen LogP contribution in [0.4, 0.5) is 0 Å². The van der Waals surface area contributed by atoms with E-state index in [2.05, 4.69) is 0 Å². The van der Waals surface area contributed by atoms with Crippen molar-refractivity contribution in [1.29, 1.82) is 5.41 Å². The SMILES string of the molecule is CCC(=N)c1ccccc1. The summed E-state index contributed by atoms with van der Waals surface area (Å²) in [5.41, 5.74) is 1.74. The Morgan fingerprint density at radius 1 is 1.30 bits per heavy atom. The van der Waals surface area contributed by atoms with Crippen molar-refractivity contribution in [1.82, 2.24) is 0 Å². The van der Waals surface area contributed by atoms with Crippen LogP contribution >= 0.6 is 0 Å². The van der Waals surface area contributed by atoms with Gasteiger partial charge in [-0.05, 0) is 12.0 Å². The van der Waals surface area contributed by atoms with Crippen LogP contribution < -0.4 is 0 Å². The van der Waals surface area contributed by atoms with Gasteiger partial charge in [0.2, 0.25) is 0 Å². The molecular formula is C9H11N. The molecule has 0 aromatic heterocycles. The van der Waals surface area contributed by atoms with E-state index >= 15 is 0 Å². The minimum absolute atomic E-state index is 0.709. The van der Waals surface area contributed by atoms with Gasteiger partial charge in [0.25, 0.3) is 0 Å². The lowest BCUT2D eigenvalue weighted by Gasteiger charge is -1.97. The molecule has 0 radical (unpaired) electrons. The normalized spacial score (nSPS) is 9.30. The fraction of sp³-hybridized carbons (Fsp3) is 0.222. The Balaban J connectivity index is 2.85. The molecular weight excluding hydrogens is 122 g/mol. The Kier molecular flexibility index (Phi) is 2.21. The van der Waals surface area contributed by atoms with Crippen LogP contribution in [0.2, 0.25) is 0 Å². The molecule has 52 valence electrons. The molecule has 1 aromatic carbocycles. The maximum atomic E-state index is 7.48. The van der Waals surface area contributed by atoms with Crippen molar-refractivity contribution in [3.63, 3.8) is 0 Å². The van der Waals surface area contributed by atoms with E-state index < -0.39 is 0 Å². The maximum absolute atomic E-state index is 7.48. The molecule has 1 nitrogen and oxygen atoms in total. The van der Waals surface area contributed by atoms with E-state index in [1.165, 1.54) is 0 Å². The summed E-state index contributed by atoms with van der Waals surface area (Å²) in [7, 11) is 0. The van der Waals surface area contributed by atoms with Gasteiger partial charge < -0.3 is 5.41 Å². The highest BCUT2D eigenvalue weighted by molar-refractivity contribution is 5.97. The Labute approximate surface area is 61.2 Å². The standard InChI is InChI=1S/C9H11N/c1-2-9(10)8-6-4-3-5-7-8/h3-7,10H,2H2,1H3. The first-order valence-electron chi connectivity index (χ1n) is 3.47. The third-order valence-electron chi connectivity index (χ3n) is 1.48. The zero-order valence-corrected chi connectivity index (χ0v) is 6.09. The van der Waals surface area contributed by atoms with Crippen molar-refractivity contribution < 1.29 is 0 Å². The highest BCUT2D eigenvalue weighted by atomic mass is 14.4. The van der Waals surface area contributed by atoms with Gasteiger partial charge in [0.05, 0.1) is 0 Å². The molecule has 0 bridgehead atoms. The van der Waals surface area contributed by atoms with Crippen molar-refractivity contribution in [2.45, 2.75) is 13.3 Å². The van der Waals surface area contributed by atoms with Gasteiger partial charge in [0.15, 0.2) is 0 Å². The van der Waals surface area contributed by atoms with Crippen LogP contribution in [-0.4, -0.2) is 5.71 Å². The van der Waals surface area contributed by atoms with Crippen LogP contribution in [-0.2, 0) is 0 Å². The van der Waals surface area contributed by atoms with E-state index in [1.54, 1.807) is 0 Å². The lowest BCUT2D eigenvalue weighted by molar-refractivity contribution is 1.24. The summed E-state index contributed by atoms with van der Waals surface area (Å²) in [6, 6.07) is 9.81. The molecule has 0 aliphatic heterocycles. The molecule has 1 aromatic rings. The molecule has 0 fully saturated rings. The first-order chi connectivity index (χ1) is 4.84. The molecule has 0 atom stereocenters. The van der Waals surface area contributed by atoms with Crippen LogP contribution in [0.25, 0.3) is 0 Å². The molecule has 0 spiro atoms. The number of rotatable bonds is 2. The van der Waals surface area contributed by atoms with Gasteiger partial charge in [-0.2, -0.15) is 0 Å². The van der Waals surface area contributed by atoms with Crippen molar-refractivity contribution in [3.05, 3.63) is 35.9 Å². The minimum Gasteiger partial charge on any atom is -0.305 e. The second-order valence-electron chi connectivity index (χ2n) is 2.20. The van der Waals surface area contributed by atoms with Gasteiger partial charge >= 0.3 is 0 Å². The summed E-state index contributed by atoms with van der Waals surface area (Å²) in [5, 5.41) is 7.48. The second-order valence-corrected chi connectivity index (χ2v) is 2.20. The summed E-state index contributed by atoms with van der Waals surface area (Å²) in [6.45, 7) is 2.00. The van der Waals surface area contributed by atoms with Crippen molar-refractivity contribution in [2.24, 2.45) is 0 Å². The van der Waals surface area contributed by atoms with Crippen LogP contribution in [0, 0.1) is 5.41 Å². The Morgan fingerprint density at radius 3 is 2.40 bits per heavy atom. The van der Waals surface area contributed by atoms with Crippen molar-refractivity contribution in [3.8, 4) is 0 Å². The van der Waals surface area contributed by atoms with Crippen molar-refractivity contribution in [2.75, 3.05) is 0 Å². The highest BCUT2D eigenvalue weighted by Gasteiger charge is 1.93. The van der Waals surface area contributed by atoms with Gasteiger partial charge in [-0.1, -0.05) is 37.3 Å². The van der Waals surface area contributed by atoms with Gasteiger partial charge in [0, 0.05) is 5.71 Å². The average molecular weight is 133 g/mol. The Hall–Kier alpha value is -1.11. The fourth-order valence-electron chi connectivity index (χ4n) is 0.843. The van der Waals surface area contributed by atoms with Gasteiger partial charge in [0.1, 0.15) is 0 Å². The number of hydrogen-bond donors (Lipinski definition) is 1. The molecule has 0 saturated carbocycles. The van der Waals surface area contributed by atoms with Crippen LogP contribution in [0.5, 0.6) is 0 Å². The summed E-state index contributed by atoms with van der Waals surface area (Å²) >= 11 is 0. The summed E-state index contributed by atoms with van der Waals surface area (Å²) in [4.78, 5) is 0. The lowest BCUT2D eigenvalue weighted by Crippen LogP contribution is -1.94. The zero-order valence-electron chi connectivity index (χ0n) is 6.09. The van der Waals surface area contributed by atoms with Crippen LogP contribution in [0.1, 0.15) is 18.9 Å². The first kappa shape index (κ1) is 7.00. The quantitative estimate of drug-likeness (QED) is 0.599. The zero-order chi connectivity index (χ0) is 7.40. The third-order valence-corrected chi connectivity index (χ3v) is 1.48. The van der Waals surface area contributed by atoms with E-state index in [0.29, 0.717) is 5.71 Å². The van der Waals surface area contributed by atoms with Crippen LogP contribution in [0.3, 0.4) is 0 Å². The van der Waals surface area contributed by atoms with Gasteiger partial charge in [-0.25, -0.2) is 0 Å². The molecule has 1 heteroatoms. The van der Waals surface area contributed by atoms with E-state index in [9.17, 15) is 0 Å². The van der Waals surface area contributed by atoms with Crippen molar-refractivity contribution >= 4 is 5.71 Å². The molecule has 0 amide bonds. The molecule has 0 unspecified atom stereocenters. The van der Waals surface area contributed by atoms with Gasteiger partial charge in [-0.15, -0.1) is 0 Å². The third kappa shape index (κ3) is 1.44. The molecule has 0 aliphatic carbocycles. The fourth-order valence-corrected chi connectivity index (χ4v) is 0.843. The Bertz CT molecular complexity index is 213. The minimum atomic E-state index is 0.709. The Morgan fingerprint density at radius 2 is 1.90 bits per heavy atom. The predicted octanol–water partition coefficient (Wildman–Crippen LogP) is 2.46. The molecule has 1 N–H and O–H groups in total. The monoisotopic (exact) mass is 133 g/mol. The van der Waals surface area contributed by atoms with E-state index in [-0.39, 0.29) is 0 Å². The molecule has 0 aliphatic rings. The summed E-state index contributed by atoms with van der Waals surface area (Å²) < 4.78 is 0. The van der Waals surface area contributed by atoms with E-state index in [1.807, 2.05) is 37.3 Å². The smallest absolute Gasteiger partial charge is 0.0383 e.